The van der Waals surface area contributed by atoms with E-state index in [1.165, 1.54) is 16.2 Å². The fourth-order valence-electron chi connectivity index (χ4n) is 16.1. The van der Waals surface area contributed by atoms with E-state index < -0.39 is 0 Å². The third kappa shape index (κ3) is 7.86. The van der Waals surface area contributed by atoms with Crippen molar-refractivity contribution < 1.29 is 0 Å². The van der Waals surface area contributed by atoms with E-state index in [0.29, 0.717) is 5.82 Å². The lowest BCUT2D eigenvalue weighted by molar-refractivity contribution is 0.958. The lowest BCUT2D eigenvalue weighted by atomic mass is 10.0. The monoisotopic (exact) mass is 1250 g/mol. The van der Waals surface area contributed by atoms with Crippen LogP contribution in [0.5, 0.6) is 0 Å². The highest BCUT2D eigenvalue weighted by atomic mass is 15.2. The van der Waals surface area contributed by atoms with Crippen molar-refractivity contribution in [2.75, 3.05) is 0 Å². The van der Waals surface area contributed by atoms with Crippen molar-refractivity contribution in [3.63, 3.8) is 0 Å². The molecule has 9 heteroatoms. The summed E-state index contributed by atoms with van der Waals surface area (Å²) in [5.41, 5.74) is 20.7. The Morgan fingerprint density at radius 1 is 0.235 bits per heavy atom. The molecule has 0 aliphatic heterocycles. The summed E-state index contributed by atoms with van der Waals surface area (Å²) in [5, 5.41) is 12.6. The number of aromatic nitrogens is 9. The van der Waals surface area contributed by atoms with E-state index in [2.05, 4.69) is 355 Å². The van der Waals surface area contributed by atoms with E-state index in [1.54, 1.807) is 0 Å². The highest BCUT2D eigenvalue weighted by molar-refractivity contribution is 6.22. The molecule has 0 atom stereocenters. The number of hydrogen-bond acceptors (Lipinski definition) is 3. The summed E-state index contributed by atoms with van der Waals surface area (Å²) < 4.78 is 12.2. The van der Waals surface area contributed by atoms with E-state index in [9.17, 15) is 0 Å². The van der Waals surface area contributed by atoms with Crippen molar-refractivity contribution in [2.45, 2.75) is 0 Å². The number of para-hydroxylation sites is 9. The Kier molecular flexibility index (Phi) is 11.6. The van der Waals surface area contributed by atoms with Crippen LogP contribution in [0.2, 0.25) is 0 Å². The van der Waals surface area contributed by atoms with Crippen LogP contribution in [0.3, 0.4) is 0 Å². The van der Waals surface area contributed by atoms with Gasteiger partial charge >= 0.3 is 0 Å². The van der Waals surface area contributed by atoms with Gasteiger partial charge in [0.15, 0.2) is 17.5 Å². The van der Waals surface area contributed by atoms with Crippen LogP contribution in [-0.2, 0) is 0 Å². The number of pyridine rings is 1. The zero-order chi connectivity index (χ0) is 64.1. The molecule has 0 fully saturated rings. The van der Waals surface area contributed by atoms with Crippen LogP contribution in [0.1, 0.15) is 0 Å². The predicted molar refractivity (Wildman–Crippen MR) is 405 cm³/mol. The van der Waals surface area contributed by atoms with Gasteiger partial charge in [-0.15, -0.1) is 0 Å². The molecule has 98 heavy (non-hydrogen) atoms. The fourth-order valence-corrected chi connectivity index (χ4v) is 16.1. The molecule has 9 nitrogen and oxygen atoms in total. The second-order valence-corrected chi connectivity index (χ2v) is 25.5. The Morgan fingerprint density at radius 3 is 1.12 bits per heavy atom. The zero-order valence-electron chi connectivity index (χ0n) is 52.8. The molecule has 0 aliphatic rings. The molecular formula is C89H55N9. The second kappa shape index (κ2) is 21.1. The Labute approximate surface area is 560 Å². The Balaban J connectivity index is 0.949. The highest BCUT2D eigenvalue weighted by Gasteiger charge is 2.34. The molecule has 0 amide bonds. The number of nitrogens with zero attached hydrogens (tertiary/aromatic N) is 8. The Bertz CT molecular complexity index is 6660. The average molecular weight is 1250 g/mol. The molecule has 0 saturated heterocycles. The number of benzene rings is 13. The minimum atomic E-state index is 0.601. The van der Waals surface area contributed by atoms with E-state index >= 15 is 0 Å². The van der Waals surface area contributed by atoms with Crippen molar-refractivity contribution in [2.24, 2.45) is 0 Å². The molecule has 8 heterocycles. The van der Waals surface area contributed by atoms with Gasteiger partial charge in [0.1, 0.15) is 17.0 Å². The van der Waals surface area contributed by atoms with Gasteiger partial charge in [0, 0.05) is 81.6 Å². The topological polar surface area (TPSA) is 79.1 Å². The van der Waals surface area contributed by atoms with Gasteiger partial charge in [0.2, 0.25) is 0 Å². The quantitative estimate of drug-likeness (QED) is 0.156. The van der Waals surface area contributed by atoms with Crippen molar-refractivity contribution in [1.29, 1.82) is 0 Å². The predicted octanol–water partition coefficient (Wildman–Crippen LogP) is 22.5. The van der Waals surface area contributed by atoms with Gasteiger partial charge in [0.25, 0.3) is 0 Å². The van der Waals surface area contributed by atoms with Crippen LogP contribution >= 0.6 is 0 Å². The first kappa shape index (κ1) is 54.1. The number of nitrogens with one attached hydrogen (secondary N) is 1. The fraction of sp³-hybridized carbons (Fsp3) is 0. The Hall–Kier alpha value is -13.4. The summed E-state index contributed by atoms with van der Waals surface area (Å²) in [6.45, 7) is 0. The van der Waals surface area contributed by atoms with Gasteiger partial charge in [-0.1, -0.05) is 243 Å². The van der Waals surface area contributed by atoms with Crippen molar-refractivity contribution in [3.8, 4) is 73.7 Å². The first-order valence-electron chi connectivity index (χ1n) is 33.4. The molecule has 0 saturated carbocycles. The maximum Gasteiger partial charge on any atom is 0.165 e. The minimum absolute atomic E-state index is 0.601. The van der Waals surface area contributed by atoms with E-state index in [0.717, 1.165) is 172 Å². The maximum atomic E-state index is 6.57. The first-order chi connectivity index (χ1) is 48.7. The first-order valence-corrected chi connectivity index (χ1v) is 33.4. The summed E-state index contributed by atoms with van der Waals surface area (Å²) in [6, 6.07) is 118. The van der Waals surface area contributed by atoms with Gasteiger partial charge in [-0.2, -0.15) is 0 Å². The summed E-state index contributed by atoms with van der Waals surface area (Å²) in [5.74, 6) is 2.05. The normalized spacial score (nSPS) is 12.1. The molecule has 0 spiro atoms. The molecule has 8 aromatic heterocycles. The lowest BCUT2D eigenvalue weighted by Crippen LogP contribution is -2.16. The van der Waals surface area contributed by atoms with Crippen molar-refractivity contribution in [1.82, 2.24) is 42.8 Å². The van der Waals surface area contributed by atoms with E-state index in [-0.39, 0.29) is 0 Å². The van der Waals surface area contributed by atoms with E-state index in [4.69, 9.17) is 15.0 Å². The number of H-pyrrole nitrogens is 1. The average Bonchev–Trinajstić information content (AvgIpc) is 1.47. The second-order valence-electron chi connectivity index (χ2n) is 25.5. The third-order valence-corrected chi connectivity index (χ3v) is 20.2. The molecule has 21 rings (SSSR count). The third-order valence-electron chi connectivity index (χ3n) is 20.2. The smallest absolute Gasteiger partial charge is 0.165 e. The van der Waals surface area contributed by atoms with Gasteiger partial charge in [0.05, 0.1) is 66.6 Å². The summed E-state index contributed by atoms with van der Waals surface area (Å²) in [4.78, 5) is 21.9. The molecule has 0 bridgehead atoms. The Morgan fingerprint density at radius 2 is 0.612 bits per heavy atom. The van der Waals surface area contributed by atoms with Gasteiger partial charge in [-0.25, -0.2) is 15.0 Å². The molecule has 0 unspecified atom stereocenters. The standard InChI is InChI=1S/C89H55N9/c1-3-26-55(27-4-1)71-54-72(91-86(90-71)56-28-5-2-6-29-56)83-84(95-73-42-17-8-32-60(73)61-33-9-18-43-74(61)95)88(97-77-46-21-12-36-64(77)65-37-13-22-47-78(65)97)93-89(85(83)96-75-44-19-10-34-62(75)63-35-11-20-45-76(63)96)98-79-48-23-14-38-66(79)69-53-58(50-51-81(69)98)57-30-25-31-59(52-57)94-80-49-24-15-40-68(80)82-67-39-7-16-41-70(67)92-87(82)94/h1-54,92H. The molecule has 456 valence electrons. The van der Waals surface area contributed by atoms with Crippen molar-refractivity contribution in [3.05, 3.63) is 328 Å². The summed E-state index contributed by atoms with van der Waals surface area (Å²) in [6.07, 6.45) is 0. The number of hydrogen-bond donors (Lipinski definition) is 1. The summed E-state index contributed by atoms with van der Waals surface area (Å²) in [7, 11) is 0. The van der Waals surface area contributed by atoms with Crippen LogP contribution in [0.25, 0.3) is 194 Å². The van der Waals surface area contributed by atoms with Gasteiger partial charge in [-0.05, 0) is 96.1 Å². The van der Waals surface area contributed by atoms with Crippen LogP contribution in [0.4, 0.5) is 0 Å². The van der Waals surface area contributed by atoms with Crippen LogP contribution in [0.15, 0.2) is 328 Å². The summed E-state index contributed by atoms with van der Waals surface area (Å²) >= 11 is 0. The van der Waals surface area contributed by atoms with Gasteiger partial charge in [-0.3, -0.25) is 13.7 Å². The SMILES string of the molecule is c1ccc(-c2cc(-c3c(-n4c5ccccc5c5ccccc54)c(-n4c5ccccc5c5ccccc54)nc(-n4c5ccccc5c5cc(-c6cccc(-n7c8ccccc8c8c9ccccc9[nH]c87)c6)ccc54)c3-n3c4ccccc4c4ccccc43)nc(-c3ccccc3)n2)cc1. The van der Waals surface area contributed by atoms with Gasteiger partial charge < -0.3 is 14.1 Å². The molecule has 0 aliphatic carbocycles. The largest absolute Gasteiger partial charge is 0.340 e. The highest BCUT2D eigenvalue weighted by Crippen LogP contribution is 2.50. The number of aromatic amines is 1. The zero-order valence-corrected chi connectivity index (χ0v) is 52.8. The minimum Gasteiger partial charge on any atom is -0.340 e. The molecular weight excluding hydrogens is 1200 g/mol. The van der Waals surface area contributed by atoms with Crippen LogP contribution in [0, 0.1) is 0 Å². The molecule has 13 aromatic carbocycles. The van der Waals surface area contributed by atoms with Crippen molar-refractivity contribution >= 4 is 120 Å². The lowest BCUT2D eigenvalue weighted by Gasteiger charge is -2.26. The van der Waals surface area contributed by atoms with E-state index in [1.807, 2.05) is 0 Å². The number of rotatable bonds is 9. The van der Waals surface area contributed by atoms with Crippen LogP contribution in [-0.4, -0.2) is 42.8 Å². The molecule has 0 radical (unpaired) electrons. The number of fused-ring (bicyclic) bond motifs is 17. The maximum absolute atomic E-state index is 6.57. The molecule has 1 N–H and O–H groups in total. The van der Waals surface area contributed by atoms with Crippen LogP contribution < -0.4 is 0 Å². The molecule has 21 aromatic rings.